The van der Waals surface area contributed by atoms with Crippen LogP contribution in [0.25, 0.3) is 0 Å². The molecule has 5 nitrogen and oxygen atoms in total. The molecule has 0 aromatic heterocycles. The Morgan fingerprint density at radius 1 is 1.00 bits per heavy atom. The van der Waals surface area contributed by atoms with Crippen LogP contribution in [0.15, 0.2) is 53.4 Å². The number of sulfonamides is 1. The van der Waals surface area contributed by atoms with Gasteiger partial charge in [-0.2, -0.15) is 4.31 Å². The van der Waals surface area contributed by atoms with E-state index in [2.05, 4.69) is 0 Å². The molecule has 7 heteroatoms. The zero-order chi connectivity index (χ0) is 20.1. The number of hydrogen-bond donors (Lipinski definition) is 0. The molecule has 0 saturated carbocycles. The van der Waals surface area contributed by atoms with E-state index < -0.39 is 10.0 Å². The van der Waals surface area contributed by atoms with E-state index in [1.54, 1.807) is 47.8 Å². The molecule has 1 saturated heterocycles. The van der Waals surface area contributed by atoms with Gasteiger partial charge in [0.2, 0.25) is 15.9 Å². The molecule has 0 N–H and O–H groups in total. The molecule has 1 aliphatic rings. The van der Waals surface area contributed by atoms with Gasteiger partial charge in [0, 0.05) is 32.2 Å². The third kappa shape index (κ3) is 4.77. The average molecular weight is 405 g/mol. The third-order valence-corrected chi connectivity index (χ3v) is 7.00. The number of amides is 1. The van der Waals surface area contributed by atoms with Gasteiger partial charge in [-0.3, -0.25) is 4.79 Å². The van der Waals surface area contributed by atoms with Crippen molar-refractivity contribution >= 4 is 21.6 Å². The van der Waals surface area contributed by atoms with Gasteiger partial charge < -0.3 is 4.90 Å². The number of piperidine rings is 1. The summed E-state index contributed by atoms with van der Waals surface area (Å²) < 4.78 is 39.9. The minimum Gasteiger partial charge on any atom is -0.315 e. The highest BCUT2D eigenvalue weighted by atomic mass is 32.2. The van der Waals surface area contributed by atoms with Gasteiger partial charge in [-0.05, 0) is 61.2 Å². The van der Waals surface area contributed by atoms with Gasteiger partial charge in [-0.1, -0.05) is 18.6 Å². The van der Waals surface area contributed by atoms with Crippen LogP contribution in [0.4, 0.5) is 10.1 Å². The fraction of sp³-hybridized carbons (Fsp3) is 0.381. The van der Waals surface area contributed by atoms with Crippen LogP contribution in [0, 0.1) is 5.82 Å². The van der Waals surface area contributed by atoms with Crippen molar-refractivity contribution in [3.05, 3.63) is 59.9 Å². The topological polar surface area (TPSA) is 57.7 Å². The molecule has 150 valence electrons. The van der Waals surface area contributed by atoms with Gasteiger partial charge in [-0.25, -0.2) is 12.8 Å². The van der Waals surface area contributed by atoms with Gasteiger partial charge in [0.05, 0.1) is 4.90 Å². The highest BCUT2D eigenvalue weighted by Gasteiger charge is 2.25. The number of rotatable bonds is 6. The van der Waals surface area contributed by atoms with Crippen LogP contribution in [0.2, 0.25) is 0 Å². The molecule has 0 aliphatic carbocycles. The van der Waals surface area contributed by atoms with Crippen molar-refractivity contribution in [3.8, 4) is 0 Å². The number of hydrogen-bond acceptors (Lipinski definition) is 3. The molecule has 1 aliphatic heterocycles. The second kappa shape index (κ2) is 8.84. The summed E-state index contributed by atoms with van der Waals surface area (Å²) in [4.78, 5) is 14.2. The summed E-state index contributed by atoms with van der Waals surface area (Å²) >= 11 is 0. The quantitative estimate of drug-likeness (QED) is 0.739. The van der Waals surface area contributed by atoms with Crippen LogP contribution >= 0.6 is 0 Å². The highest BCUT2D eigenvalue weighted by Crippen LogP contribution is 2.21. The summed E-state index contributed by atoms with van der Waals surface area (Å²) in [6.45, 7) is 1.16. The van der Waals surface area contributed by atoms with Gasteiger partial charge in [0.15, 0.2) is 0 Å². The van der Waals surface area contributed by atoms with Crippen LogP contribution in [-0.2, 0) is 21.2 Å². The number of benzene rings is 2. The van der Waals surface area contributed by atoms with E-state index in [-0.39, 0.29) is 18.1 Å². The summed E-state index contributed by atoms with van der Waals surface area (Å²) in [6, 6.07) is 12.5. The Morgan fingerprint density at radius 3 is 2.21 bits per heavy atom. The summed E-state index contributed by atoms with van der Waals surface area (Å²) in [5.74, 6) is -0.430. The first kappa shape index (κ1) is 20.5. The molecular formula is C21H25FN2O3S. The van der Waals surface area contributed by atoms with Crippen molar-refractivity contribution in [1.29, 1.82) is 0 Å². The largest absolute Gasteiger partial charge is 0.315 e. The maximum absolute atomic E-state index is 13.0. The van der Waals surface area contributed by atoms with Gasteiger partial charge in [0.1, 0.15) is 5.82 Å². The Morgan fingerprint density at radius 2 is 1.61 bits per heavy atom. The first-order chi connectivity index (χ1) is 13.4. The molecular weight excluding hydrogens is 379 g/mol. The van der Waals surface area contributed by atoms with Gasteiger partial charge in [-0.15, -0.1) is 0 Å². The maximum atomic E-state index is 13.0. The van der Waals surface area contributed by atoms with Crippen molar-refractivity contribution in [2.24, 2.45) is 0 Å². The van der Waals surface area contributed by atoms with E-state index in [0.29, 0.717) is 30.1 Å². The lowest BCUT2D eigenvalue weighted by Crippen LogP contribution is -2.35. The van der Waals surface area contributed by atoms with E-state index >= 15 is 0 Å². The Hall–Kier alpha value is -2.25. The Labute approximate surface area is 165 Å². The predicted octanol–water partition coefficient (Wildman–Crippen LogP) is 3.60. The molecule has 1 amide bonds. The predicted molar refractivity (Wildman–Crippen MR) is 107 cm³/mol. The number of carbonyl (C=O) groups is 1. The van der Waals surface area contributed by atoms with E-state index in [1.807, 2.05) is 0 Å². The standard InChI is InChI=1S/C21H25FN2O3S/c1-23(19-10-8-18(22)9-11-19)21(25)14-7-17-5-12-20(13-6-17)28(26,27)24-15-3-2-4-16-24/h5-6,8-13H,2-4,7,14-16H2,1H3. The molecule has 1 fully saturated rings. The lowest BCUT2D eigenvalue weighted by molar-refractivity contribution is -0.118. The molecule has 0 radical (unpaired) electrons. The number of halogens is 1. The van der Waals surface area contributed by atoms with Crippen LogP contribution in [0.3, 0.4) is 0 Å². The van der Waals surface area contributed by atoms with E-state index in [4.69, 9.17) is 0 Å². The minimum absolute atomic E-state index is 0.0865. The average Bonchev–Trinajstić information content (AvgIpc) is 2.73. The minimum atomic E-state index is -3.44. The van der Waals surface area contributed by atoms with Crippen LogP contribution in [0.1, 0.15) is 31.2 Å². The van der Waals surface area contributed by atoms with E-state index in [1.165, 1.54) is 17.0 Å². The summed E-state index contributed by atoms with van der Waals surface area (Å²) in [7, 11) is -1.78. The highest BCUT2D eigenvalue weighted by molar-refractivity contribution is 7.89. The molecule has 1 heterocycles. The molecule has 28 heavy (non-hydrogen) atoms. The molecule has 0 spiro atoms. The third-order valence-electron chi connectivity index (χ3n) is 5.09. The second-order valence-corrected chi connectivity index (χ2v) is 8.98. The van der Waals surface area contributed by atoms with Gasteiger partial charge in [0.25, 0.3) is 0 Å². The Bertz CT molecular complexity index is 906. The van der Waals surface area contributed by atoms with Crippen LogP contribution < -0.4 is 4.90 Å². The van der Waals surface area contributed by atoms with Crippen molar-refractivity contribution < 1.29 is 17.6 Å². The maximum Gasteiger partial charge on any atom is 0.243 e. The van der Waals surface area contributed by atoms with E-state index in [9.17, 15) is 17.6 Å². The lowest BCUT2D eigenvalue weighted by Gasteiger charge is -2.25. The molecule has 0 unspecified atom stereocenters. The fourth-order valence-corrected chi connectivity index (χ4v) is 4.83. The molecule has 0 atom stereocenters. The molecule has 0 bridgehead atoms. The number of anilines is 1. The van der Waals surface area contributed by atoms with E-state index in [0.717, 1.165) is 24.8 Å². The first-order valence-electron chi connectivity index (χ1n) is 9.49. The van der Waals surface area contributed by atoms with Crippen LogP contribution in [-0.4, -0.2) is 38.8 Å². The lowest BCUT2D eigenvalue weighted by atomic mass is 10.1. The van der Waals surface area contributed by atoms with Crippen molar-refractivity contribution in [2.45, 2.75) is 37.0 Å². The number of nitrogens with zero attached hydrogens (tertiary/aromatic N) is 2. The zero-order valence-corrected chi connectivity index (χ0v) is 16.8. The Kier molecular flexibility index (Phi) is 6.46. The summed E-state index contributed by atoms with van der Waals surface area (Å²) in [6.07, 6.45) is 3.67. The summed E-state index contributed by atoms with van der Waals surface area (Å²) in [5, 5.41) is 0. The summed E-state index contributed by atoms with van der Waals surface area (Å²) in [5.41, 5.74) is 1.54. The number of aryl methyl sites for hydroxylation is 1. The second-order valence-electron chi connectivity index (χ2n) is 7.04. The number of carbonyl (C=O) groups excluding carboxylic acids is 1. The first-order valence-corrected chi connectivity index (χ1v) is 10.9. The van der Waals surface area contributed by atoms with Crippen LogP contribution in [0.5, 0.6) is 0 Å². The van der Waals surface area contributed by atoms with Crippen molar-refractivity contribution in [3.63, 3.8) is 0 Å². The SMILES string of the molecule is CN(C(=O)CCc1ccc(S(=O)(=O)N2CCCCC2)cc1)c1ccc(F)cc1. The molecule has 3 rings (SSSR count). The smallest absolute Gasteiger partial charge is 0.243 e. The molecule has 2 aromatic carbocycles. The molecule has 2 aromatic rings. The van der Waals surface area contributed by atoms with Gasteiger partial charge >= 0.3 is 0 Å². The Balaban J connectivity index is 1.59. The zero-order valence-electron chi connectivity index (χ0n) is 16.0. The monoisotopic (exact) mass is 404 g/mol. The van der Waals surface area contributed by atoms with Crippen molar-refractivity contribution in [2.75, 3.05) is 25.0 Å². The van der Waals surface area contributed by atoms with Crippen molar-refractivity contribution in [1.82, 2.24) is 4.31 Å². The normalized spacial score (nSPS) is 15.4. The fourth-order valence-electron chi connectivity index (χ4n) is 3.31.